The average molecular weight is 460 g/mol. The molecule has 2 amide bonds. The lowest BCUT2D eigenvalue weighted by molar-refractivity contribution is -0.136. The third-order valence-electron chi connectivity index (χ3n) is 5.53. The Morgan fingerprint density at radius 3 is 2.50 bits per heavy atom. The first-order valence-corrected chi connectivity index (χ1v) is 12.1. The van der Waals surface area contributed by atoms with E-state index in [4.69, 9.17) is 4.74 Å². The van der Waals surface area contributed by atoms with Gasteiger partial charge < -0.3 is 15.4 Å². The SMILES string of the molecule is COc1ccccc1NC(=O)C(=O)NCCC1CCCCN1S(=O)(=O)c1ccc(C)cc1. The van der Waals surface area contributed by atoms with E-state index in [0.717, 1.165) is 18.4 Å². The first-order valence-electron chi connectivity index (χ1n) is 10.6. The summed E-state index contributed by atoms with van der Waals surface area (Å²) in [7, 11) is -2.14. The van der Waals surface area contributed by atoms with Crippen LogP contribution in [0.3, 0.4) is 0 Å². The minimum absolute atomic E-state index is 0.197. The molecule has 32 heavy (non-hydrogen) atoms. The third-order valence-corrected chi connectivity index (χ3v) is 7.49. The van der Waals surface area contributed by atoms with Crippen molar-refractivity contribution in [2.24, 2.45) is 0 Å². The van der Waals surface area contributed by atoms with Crippen LogP contribution in [0.15, 0.2) is 53.4 Å². The number of carbonyl (C=O) groups is 2. The number of anilines is 1. The van der Waals surface area contributed by atoms with Crippen molar-refractivity contribution in [3.05, 3.63) is 54.1 Å². The van der Waals surface area contributed by atoms with Gasteiger partial charge in [0.2, 0.25) is 10.0 Å². The van der Waals surface area contributed by atoms with Crippen LogP contribution in [0.25, 0.3) is 0 Å². The molecule has 2 aromatic carbocycles. The molecule has 3 rings (SSSR count). The van der Waals surface area contributed by atoms with Gasteiger partial charge in [0.1, 0.15) is 5.75 Å². The predicted molar refractivity (Wildman–Crippen MR) is 122 cm³/mol. The van der Waals surface area contributed by atoms with Gasteiger partial charge in [-0.25, -0.2) is 8.42 Å². The molecule has 1 atom stereocenters. The van der Waals surface area contributed by atoms with Crippen LogP contribution in [0, 0.1) is 6.92 Å². The second-order valence-corrected chi connectivity index (χ2v) is 9.67. The van der Waals surface area contributed by atoms with Crippen LogP contribution < -0.4 is 15.4 Å². The van der Waals surface area contributed by atoms with E-state index in [1.165, 1.54) is 11.4 Å². The van der Waals surface area contributed by atoms with E-state index in [2.05, 4.69) is 10.6 Å². The number of methoxy groups -OCH3 is 1. The van der Waals surface area contributed by atoms with E-state index >= 15 is 0 Å². The lowest BCUT2D eigenvalue weighted by atomic mass is 10.0. The number of nitrogens with one attached hydrogen (secondary N) is 2. The largest absolute Gasteiger partial charge is 0.495 e. The van der Waals surface area contributed by atoms with Gasteiger partial charge in [0.15, 0.2) is 0 Å². The maximum absolute atomic E-state index is 13.1. The second-order valence-electron chi connectivity index (χ2n) is 7.78. The Morgan fingerprint density at radius 1 is 1.06 bits per heavy atom. The quantitative estimate of drug-likeness (QED) is 0.620. The monoisotopic (exact) mass is 459 g/mol. The smallest absolute Gasteiger partial charge is 0.313 e. The van der Waals surface area contributed by atoms with Gasteiger partial charge in [-0.1, -0.05) is 36.2 Å². The fraction of sp³-hybridized carbons (Fsp3) is 0.391. The van der Waals surface area contributed by atoms with Crippen molar-refractivity contribution in [3.63, 3.8) is 0 Å². The molecule has 0 saturated carbocycles. The molecule has 1 heterocycles. The Balaban J connectivity index is 1.58. The summed E-state index contributed by atoms with van der Waals surface area (Å²) in [5.74, 6) is -1.13. The Bertz CT molecular complexity index is 1050. The maximum atomic E-state index is 13.1. The third kappa shape index (κ3) is 5.66. The lowest BCUT2D eigenvalue weighted by Crippen LogP contribution is -2.45. The van der Waals surface area contributed by atoms with E-state index in [-0.39, 0.29) is 17.5 Å². The molecule has 0 radical (unpaired) electrons. The number of benzene rings is 2. The number of piperidine rings is 1. The number of nitrogens with zero attached hydrogens (tertiary/aromatic N) is 1. The Labute approximate surface area is 189 Å². The van der Waals surface area contributed by atoms with Gasteiger partial charge in [0.05, 0.1) is 17.7 Å². The number of ether oxygens (including phenoxy) is 1. The van der Waals surface area contributed by atoms with Gasteiger partial charge >= 0.3 is 11.8 Å². The van der Waals surface area contributed by atoms with Crippen LogP contribution >= 0.6 is 0 Å². The van der Waals surface area contributed by atoms with Gasteiger partial charge in [0.25, 0.3) is 0 Å². The molecule has 2 aromatic rings. The first kappa shape index (κ1) is 23.7. The summed E-state index contributed by atoms with van der Waals surface area (Å²) in [4.78, 5) is 24.7. The standard InChI is InChI=1S/C23H29N3O5S/c1-17-10-12-19(13-11-17)32(29,30)26-16-6-5-7-18(26)14-15-24-22(27)23(28)25-20-8-3-4-9-21(20)31-2/h3-4,8-13,18H,5-7,14-16H2,1-2H3,(H,24,27)(H,25,28). The van der Waals surface area contributed by atoms with Crippen LogP contribution in [-0.4, -0.2) is 50.8 Å². The molecule has 0 spiro atoms. The van der Waals surface area contributed by atoms with Crippen LogP contribution in [-0.2, 0) is 19.6 Å². The van der Waals surface area contributed by atoms with E-state index in [9.17, 15) is 18.0 Å². The van der Waals surface area contributed by atoms with Gasteiger partial charge in [-0.2, -0.15) is 4.31 Å². The van der Waals surface area contributed by atoms with Crippen LogP contribution in [0.5, 0.6) is 5.75 Å². The van der Waals surface area contributed by atoms with Crippen molar-refractivity contribution in [1.29, 1.82) is 0 Å². The van der Waals surface area contributed by atoms with Crippen molar-refractivity contribution in [3.8, 4) is 5.75 Å². The molecule has 1 aliphatic heterocycles. The molecular formula is C23H29N3O5S. The van der Waals surface area contributed by atoms with E-state index in [1.807, 2.05) is 6.92 Å². The average Bonchev–Trinajstić information content (AvgIpc) is 2.80. The van der Waals surface area contributed by atoms with Crippen molar-refractivity contribution < 1.29 is 22.7 Å². The summed E-state index contributed by atoms with van der Waals surface area (Å²) in [6.45, 7) is 2.55. The zero-order chi connectivity index (χ0) is 23.1. The van der Waals surface area contributed by atoms with Crippen molar-refractivity contribution in [2.45, 2.75) is 43.5 Å². The van der Waals surface area contributed by atoms with Crippen molar-refractivity contribution in [1.82, 2.24) is 9.62 Å². The molecule has 0 aromatic heterocycles. The summed E-state index contributed by atoms with van der Waals surface area (Å²) in [6, 6.07) is 13.4. The van der Waals surface area contributed by atoms with Gasteiger partial charge in [-0.05, 0) is 50.5 Å². The summed E-state index contributed by atoms with van der Waals surface area (Å²) in [6.07, 6.45) is 2.87. The number of rotatable bonds is 7. The highest BCUT2D eigenvalue weighted by Gasteiger charge is 2.33. The maximum Gasteiger partial charge on any atom is 0.313 e. The number of sulfonamides is 1. The highest BCUT2D eigenvalue weighted by atomic mass is 32.2. The molecule has 1 fully saturated rings. The topological polar surface area (TPSA) is 105 Å². The van der Waals surface area contributed by atoms with Crippen LogP contribution in [0.4, 0.5) is 5.69 Å². The molecular weight excluding hydrogens is 430 g/mol. The van der Waals surface area contributed by atoms with E-state index in [0.29, 0.717) is 30.8 Å². The lowest BCUT2D eigenvalue weighted by Gasteiger charge is -2.34. The van der Waals surface area contributed by atoms with Crippen LogP contribution in [0.1, 0.15) is 31.2 Å². The fourth-order valence-electron chi connectivity index (χ4n) is 3.78. The molecule has 1 unspecified atom stereocenters. The Morgan fingerprint density at radius 2 is 1.78 bits per heavy atom. The highest BCUT2D eigenvalue weighted by molar-refractivity contribution is 7.89. The molecule has 1 saturated heterocycles. The Hall–Kier alpha value is -2.91. The molecule has 172 valence electrons. The number of carbonyl (C=O) groups excluding carboxylic acids is 2. The number of para-hydroxylation sites is 2. The number of hydrogen-bond donors (Lipinski definition) is 2. The van der Waals surface area contributed by atoms with Crippen LogP contribution in [0.2, 0.25) is 0 Å². The van der Waals surface area contributed by atoms with E-state index in [1.54, 1.807) is 48.5 Å². The highest BCUT2D eigenvalue weighted by Crippen LogP contribution is 2.27. The number of amides is 2. The zero-order valence-electron chi connectivity index (χ0n) is 18.3. The molecule has 2 N–H and O–H groups in total. The normalized spacial score (nSPS) is 16.9. The molecule has 0 bridgehead atoms. The fourth-order valence-corrected chi connectivity index (χ4v) is 5.51. The van der Waals surface area contributed by atoms with Crippen molar-refractivity contribution in [2.75, 3.05) is 25.5 Å². The van der Waals surface area contributed by atoms with Gasteiger partial charge in [-0.3, -0.25) is 9.59 Å². The molecule has 9 heteroatoms. The molecule has 1 aliphatic rings. The molecule has 8 nitrogen and oxygen atoms in total. The van der Waals surface area contributed by atoms with E-state index < -0.39 is 21.8 Å². The van der Waals surface area contributed by atoms with Gasteiger partial charge in [0, 0.05) is 19.1 Å². The predicted octanol–water partition coefficient (Wildman–Crippen LogP) is 2.69. The minimum Gasteiger partial charge on any atom is -0.495 e. The summed E-state index contributed by atoms with van der Waals surface area (Å²) in [5.41, 5.74) is 1.39. The minimum atomic E-state index is -3.62. The Kier molecular flexibility index (Phi) is 7.87. The second kappa shape index (κ2) is 10.6. The number of aryl methyl sites for hydroxylation is 1. The zero-order valence-corrected chi connectivity index (χ0v) is 19.2. The summed E-state index contributed by atoms with van der Waals surface area (Å²) < 4.78 is 33.0. The van der Waals surface area contributed by atoms with Gasteiger partial charge in [-0.15, -0.1) is 0 Å². The molecule has 0 aliphatic carbocycles. The number of hydrogen-bond acceptors (Lipinski definition) is 5. The summed E-state index contributed by atoms with van der Waals surface area (Å²) in [5, 5.41) is 5.12. The first-order chi connectivity index (χ1) is 15.3. The van der Waals surface area contributed by atoms with Crippen molar-refractivity contribution >= 4 is 27.5 Å². The summed E-state index contributed by atoms with van der Waals surface area (Å²) >= 11 is 0.